The summed E-state index contributed by atoms with van der Waals surface area (Å²) in [4.78, 5) is 0. The molecule has 2 rings (SSSR count). The number of fused-ring (bicyclic) bond motifs is 1. The van der Waals surface area contributed by atoms with Gasteiger partial charge in [0.2, 0.25) is 0 Å². The first kappa shape index (κ1) is 8.69. The highest BCUT2D eigenvalue weighted by atomic mass is 16.5. The van der Waals surface area contributed by atoms with Gasteiger partial charge in [-0.05, 0) is 18.2 Å². The van der Waals surface area contributed by atoms with Gasteiger partial charge < -0.3 is 15.6 Å². The molecule has 0 atom stereocenters. The maximum Gasteiger partial charge on any atom is 0.128 e. The average Bonchev–Trinajstić information content (AvgIpc) is 2.23. The highest BCUT2D eigenvalue weighted by Crippen LogP contribution is 2.35. The van der Waals surface area contributed by atoms with Crippen molar-refractivity contribution in [3.05, 3.63) is 30.3 Å². The summed E-state index contributed by atoms with van der Waals surface area (Å²) in [6, 6.07) is 8.69. The largest absolute Gasteiger partial charge is 0.507 e. The van der Waals surface area contributed by atoms with Crippen LogP contribution < -0.4 is 10.5 Å². The summed E-state index contributed by atoms with van der Waals surface area (Å²) in [6.45, 7) is 0. The molecule has 0 aliphatic heterocycles. The van der Waals surface area contributed by atoms with Crippen molar-refractivity contribution < 1.29 is 9.84 Å². The van der Waals surface area contributed by atoms with Gasteiger partial charge in [-0.1, -0.05) is 12.1 Å². The Morgan fingerprint density at radius 1 is 1.21 bits per heavy atom. The van der Waals surface area contributed by atoms with Crippen LogP contribution in [0, 0.1) is 0 Å². The Hall–Kier alpha value is -1.90. The molecule has 14 heavy (non-hydrogen) atoms. The van der Waals surface area contributed by atoms with Crippen molar-refractivity contribution in [3.63, 3.8) is 0 Å². The van der Waals surface area contributed by atoms with E-state index in [0.29, 0.717) is 16.8 Å². The number of benzene rings is 2. The molecule has 2 aromatic carbocycles. The first-order chi connectivity index (χ1) is 6.74. The first-order valence-corrected chi connectivity index (χ1v) is 4.28. The second-order valence-corrected chi connectivity index (χ2v) is 3.06. The van der Waals surface area contributed by atoms with Crippen molar-refractivity contribution in [2.75, 3.05) is 12.8 Å². The van der Waals surface area contributed by atoms with Crippen molar-refractivity contribution in [2.24, 2.45) is 0 Å². The number of aromatic hydroxyl groups is 1. The topological polar surface area (TPSA) is 55.5 Å². The fraction of sp³-hybridized carbons (Fsp3) is 0.0909. The van der Waals surface area contributed by atoms with E-state index in [-0.39, 0.29) is 5.75 Å². The molecule has 0 spiro atoms. The van der Waals surface area contributed by atoms with E-state index in [1.807, 2.05) is 18.2 Å². The van der Waals surface area contributed by atoms with Crippen LogP contribution in [0.5, 0.6) is 11.5 Å². The van der Waals surface area contributed by atoms with Crippen LogP contribution in [0.25, 0.3) is 10.8 Å². The molecular weight excluding hydrogens is 178 g/mol. The number of hydrogen-bond acceptors (Lipinski definition) is 3. The van der Waals surface area contributed by atoms with Crippen LogP contribution in [0.3, 0.4) is 0 Å². The SMILES string of the molecule is COc1cccc2c(O)ccc(N)c12. The molecule has 0 aliphatic carbocycles. The van der Waals surface area contributed by atoms with E-state index in [9.17, 15) is 5.11 Å². The predicted molar refractivity (Wildman–Crippen MR) is 56.6 cm³/mol. The quantitative estimate of drug-likeness (QED) is 0.533. The number of phenolic OH excluding ortho intramolecular Hbond substituents is 1. The molecule has 0 saturated carbocycles. The molecular formula is C11H11NO2. The van der Waals surface area contributed by atoms with Gasteiger partial charge in [-0.15, -0.1) is 0 Å². The van der Waals surface area contributed by atoms with Gasteiger partial charge in [0.25, 0.3) is 0 Å². The predicted octanol–water partition coefficient (Wildman–Crippen LogP) is 2.14. The Balaban J connectivity index is 2.92. The smallest absolute Gasteiger partial charge is 0.128 e. The minimum Gasteiger partial charge on any atom is -0.507 e. The molecule has 3 heteroatoms. The van der Waals surface area contributed by atoms with E-state index < -0.39 is 0 Å². The Morgan fingerprint density at radius 3 is 2.71 bits per heavy atom. The number of rotatable bonds is 1. The number of nitrogens with two attached hydrogens (primary N) is 1. The fourth-order valence-corrected chi connectivity index (χ4v) is 1.55. The van der Waals surface area contributed by atoms with E-state index in [0.717, 1.165) is 5.39 Å². The lowest BCUT2D eigenvalue weighted by molar-refractivity contribution is 0.419. The third-order valence-corrected chi connectivity index (χ3v) is 2.23. The summed E-state index contributed by atoms with van der Waals surface area (Å²) in [5.74, 6) is 0.893. The molecule has 0 aliphatic rings. The summed E-state index contributed by atoms with van der Waals surface area (Å²) in [6.07, 6.45) is 0. The second-order valence-electron chi connectivity index (χ2n) is 3.06. The molecule has 0 bridgehead atoms. The number of nitrogen functional groups attached to an aromatic ring is 1. The van der Waals surface area contributed by atoms with Crippen molar-refractivity contribution in [2.45, 2.75) is 0 Å². The number of ether oxygens (including phenoxy) is 1. The van der Waals surface area contributed by atoms with Gasteiger partial charge >= 0.3 is 0 Å². The molecule has 0 saturated heterocycles. The second kappa shape index (κ2) is 3.10. The average molecular weight is 189 g/mol. The van der Waals surface area contributed by atoms with Gasteiger partial charge in [0.15, 0.2) is 0 Å². The molecule has 0 heterocycles. The van der Waals surface area contributed by atoms with Crippen LogP contribution in [0.1, 0.15) is 0 Å². The summed E-state index contributed by atoms with van der Waals surface area (Å²) >= 11 is 0. The Morgan fingerprint density at radius 2 is 2.00 bits per heavy atom. The van der Waals surface area contributed by atoms with Crippen molar-refractivity contribution in [1.29, 1.82) is 0 Å². The van der Waals surface area contributed by atoms with Crippen LogP contribution in [0.15, 0.2) is 30.3 Å². The van der Waals surface area contributed by atoms with E-state index in [2.05, 4.69) is 0 Å². The molecule has 0 amide bonds. The first-order valence-electron chi connectivity index (χ1n) is 4.28. The highest BCUT2D eigenvalue weighted by molar-refractivity contribution is 6.01. The third-order valence-electron chi connectivity index (χ3n) is 2.23. The summed E-state index contributed by atoms with van der Waals surface area (Å²) in [5.41, 5.74) is 6.42. The standard InChI is InChI=1S/C11H11NO2/c1-14-10-4-2-3-7-9(13)6-5-8(12)11(7)10/h2-6,13H,12H2,1H3. The molecule has 0 fully saturated rings. The molecule has 72 valence electrons. The van der Waals surface area contributed by atoms with Crippen LogP contribution in [-0.4, -0.2) is 12.2 Å². The number of phenols is 1. The molecule has 3 nitrogen and oxygen atoms in total. The van der Waals surface area contributed by atoms with Crippen molar-refractivity contribution in [3.8, 4) is 11.5 Å². The number of methoxy groups -OCH3 is 1. The Labute approximate surface area is 81.7 Å². The maximum atomic E-state index is 9.60. The van der Waals surface area contributed by atoms with Crippen LogP contribution in [-0.2, 0) is 0 Å². The van der Waals surface area contributed by atoms with Gasteiger partial charge in [-0.25, -0.2) is 0 Å². The third kappa shape index (κ3) is 1.14. The van der Waals surface area contributed by atoms with Gasteiger partial charge in [-0.3, -0.25) is 0 Å². The zero-order valence-corrected chi connectivity index (χ0v) is 7.82. The van der Waals surface area contributed by atoms with Crippen molar-refractivity contribution in [1.82, 2.24) is 0 Å². The summed E-state index contributed by atoms with van der Waals surface area (Å²) in [7, 11) is 1.58. The lowest BCUT2D eigenvalue weighted by Gasteiger charge is -2.08. The van der Waals surface area contributed by atoms with Crippen LogP contribution >= 0.6 is 0 Å². The van der Waals surface area contributed by atoms with E-state index in [1.54, 1.807) is 19.2 Å². The zero-order chi connectivity index (χ0) is 10.1. The monoisotopic (exact) mass is 189 g/mol. The molecule has 0 radical (unpaired) electrons. The Bertz CT molecular complexity index is 480. The van der Waals surface area contributed by atoms with Crippen LogP contribution in [0.4, 0.5) is 5.69 Å². The maximum absolute atomic E-state index is 9.60. The number of hydrogen-bond donors (Lipinski definition) is 2. The van der Waals surface area contributed by atoms with Gasteiger partial charge in [0, 0.05) is 11.1 Å². The summed E-state index contributed by atoms with van der Waals surface area (Å²) < 4.78 is 5.17. The number of anilines is 1. The highest BCUT2D eigenvalue weighted by Gasteiger charge is 2.07. The molecule has 3 N–H and O–H groups in total. The van der Waals surface area contributed by atoms with E-state index in [4.69, 9.17) is 10.5 Å². The van der Waals surface area contributed by atoms with Crippen molar-refractivity contribution >= 4 is 16.5 Å². The minimum atomic E-state index is 0.216. The zero-order valence-electron chi connectivity index (χ0n) is 7.82. The van der Waals surface area contributed by atoms with Crippen LogP contribution in [0.2, 0.25) is 0 Å². The normalized spacial score (nSPS) is 10.4. The molecule has 0 unspecified atom stereocenters. The molecule has 0 aromatic heterocycles. The molecule has 2 aromatic rings. The minimum absolute atomic E-state index is 0.216. The van der Waals surface area contributed by atoms with E-state index in [1.165, 1.54) is 0 Å². The van der Waals surface area contributed by atoms with Gasteiger partial charge in [0.05, 0.1) is 12.5 Å². The Kier molecular flexibility index (Phi) is 1.93. The lowest BCUT2D eigenvalue weighted by Crippen LogP contribution is -1.91. The lowest BCUT2D eigenvalue weighted by atomic mass is 10.1. The van der Waals surface area contributed by atoms with Gasteiger partial charge in [0.1, 0.15) is 11.5 Å². The summed E-state index contributed by atoms with van der Waals surface area (Å²) in [5, 5.41) is 11.1. The fourth-order valence-electron chi connectivity index (χ4n) is 1.55. The van der Waals surface area contributed by atoms with Gasteiger partial charge in [-0.2, -0.15) is 0 Å². The van der Waals surface area contributed by atoms with E-state index >= 15 is 0 Å².